The average Bonchev–Trinajstić information content (AvgIpc) is 2.23. The van der Waals surface area contributed by atoms with Crippen LogP contribution in [0.3, 0.4) is 0 Å². The highest BCUT2D eigenvalue weighted by Crippen LogP contribution is 2.26. The van der Waals surface area contributed by atoms with Crippen LogP contribution < -0.4 is 5.32 Å². The Morgan fingerprint density at radius 2 is 1.44 bits per heavy atom. The summed E-state index contributed by atoms with van der Waals surface area (Å²) in [5.41, 5.74) is -0.526. The Hall–Kier alpha value is -0.570. The van der Waals surface area contributed by atoms with Gasteiger partial charge in [-0.15, -0.1) is 0 Å². The van der Waals surface area contributed by atoms with Crippen LogP contribution in [-0.2, 0) is 9.53 Å². The summed E-state index contributed by atoms with van der Waals surface area (Å²) in [5, 5.41) is 3.47. The van der Waals surface area contributed by atoms with Crippen molar-refractivity contribution >= 4 is 5.97 Å². The summed E-state index contributed by atoms with van der Waals surface area (Å²) in [6.45, 7) is 13.7. The molecule has 0 amide bonds. The molecule has 0 radical (unpaired) electrons. The molecule has 0 aliphatic carbocycles. The van der Waals surface area contributed by atoms with E-state index >= 15 is 0 Å². The van der Waals surface area contributed by atoms with Gasteiger partial charge in [0.25, 0.3) is 0 Å². The predicted octanol–water partition coefficient (Wildman–Crippen LogP) is 3.24. The molecule has 0 aliphatic heterocycles. The van der Waals surface area contributed by atoms with Crippen molar-refractivity contribution in [3.63, 3.8) is 0 Å². The van der Waals surface area contributed by atoms with E-state index in [2.05, 4.69) is 46.9 Å². The minimum Gasteiger partial charge on any atom is -0.468 e. The summed E-state index contributed by atoms with van der Waals surface area (Å²) in [7, 11) is 1.48. The number of hydrogen-bond donors (Lipinski definition) is 1. The minimum absolute atomic E-state index is 0.120. The molecule has 0 aromatic rings. The molecule has 0 atom stereocenters. The third-order valence-electron chi connectivity index (χ3n) is 2.94. The average molecular weight is 257 g/mol. The maximum Gasteiger partial charge on any atom is 0.326 e. The molecule has 0 aromatic carbocycles. The van der Waals surface area contributed by atoms with Crippen molar-refractivity contribution in [2.24, 2.45) is 17.8 Å². The number of ether oxygens (including phenoxy) is 1. The van der Waals surface area contributed by atoms with Crippen LogP contribution in [0, 0.1) is 17.8 Å². The molecular weight excluding hydrogens is 226 g/mol. The summed E-state index contributed by atoms with van der Waals surface area (Å²) in [6, 6.07) is 0. The van der Waals surface area contributed by atoms with Crippen LogP contribution in [0.15, 0.2) is 0 Å². The van der Waals surface area contributed by atoms with Crippen LogP contribution >= 0.6 is 0 Å². The van der Waals surface area contributed by atoms with Crippen LogP contribution in [0.2, 0.25) is 0 Å². The molecule has 1 N–H and O–H groups in total. The lowest BCUT2D eigenvalue weighted by Crippen LogP contribution is -2.55. The van der Waals surface area contributed by atoms with Gasteiger partial charge in [-0.2, -0.15) is 0 Å². The molecule has 0 unspecified atom stereocenters. The number of carbonyl (C=O) groups excluding carboxylic acids is 1. The van der Waals surface area contributed by atoms with Crippen LogP contribution in [0.25, 0.3) is 0 Å². The topological polar surface area (TPSA) is 38.3 Å². The van der Waals surface area contributed by atoms with E-state index in [-0.39, 0.29) is 5.97 Å². The van der Waals surface area contributed by atoms with E-state index in [0.29, 0.717) is 17.8 Å². The van der Waals surface area contributed by atoms with Gasteiger partial charge in [0.05, 0.1) is 7.11 Å². The fraction of sp³-hybridized carbons (Fsp3) is 0.933. The Bertz CT molecular complexity index is 237. The third-order valence-corrected chi connectivity index (χ3v) is 2.94. The van der Waals surface area contributed by atoms with Gasteiger partial charge in [0.1, 0.15) is 5.54 Å². The van der Waals surface area contributed by atoms with Gasteiger partial charge >= 0.3 is 5.97 Å². The van der Waals surface area contributed by atoms with Crippen molar-refractivity contribution < 1.29 is 9.53 Å². The van der Waals surface area contributed by atoms with Gasteiger partial charge in [-0.05, 0) is 37.1 Å². The first-order chi connectivity index (χ1) is 8.23. The largest absolute Gasteiger partial charge is 0.468 e. The zero-order valence-electron chi connectivity index (χ0n) is 13.2. The molecular formula is C15H31NO2. The fourth-order valence-electron chi connectivity index (χ4n) is 2.46. The van der Waals surface area contributed by atoms with E-state index in [0.717, 1.165) is 19.4 Å². The third kappa shape index (κ3) is 5.85. The second kappa shape index (κ2) is 7.78. The van der Waals surface area contributed by atoms with Gasteiger partial charge < -0.3 is 10.1 Å². The molecule has 0 bridgehead atoms. The van der Waals surface area contributed by atoms with E-state index in [1.165, 1.54) is 7.11 Å². The lowest BCUT2D eigenvalue weighted by molar-refractivity contribution is -0.150. The first-order valence-electron chi connectivity index (χ1n) is 7.07. The van der Waals surface area contributed by atoms with Crippen molar-refractivity contribution in [3.05, 3.63) is 0 Å². The molecule has 3 nitrogen and oxygen atoms in total. The number of hydrogen-bond acceptors (Lipinski definition) is 3. The van der Waals surface area contributed by atoms with Crippen LogP contribution in [0.4, 0.5) is 0 Å². The Morgan fingerprint density at radius 1 is 1.00 bits per heavy atom. The number of esters is 1. The SMILES string of the molecule is COC(=O)C(CC(C)C)(CC(C)C)NCC(C)C. The highest BCUT2D eigenvalue weighted by molar-refractivity contribution is 5.80. The summed E-state index contributed by atoms with van der Waals surface area (Å²) < 4.78 is 5.05. The van der Waals surface area contributed by atoms with E-state index in [4.69, 9.17) is 4.74 Å². The molecule has 18 heavy (non-hydrogen) atoms. The molecule has 0 aliphatic rings. The maximum absolute atomic E-state index is 12.2. The van der Waals surface area contributed by atoms with Crippen molar-refractivity contribution in [2.75, 3.05) is 13.7 Å². The number of rotatable bonds is 8. The zero-order valence-corrected chi connectivity index (χ0v) is 13.2. The van der Waals surface area contributed by atoms with Crippen molar-refractivity contribution in [3.8, 4) is 0 Å². The highest BCUT2D eigenvalue weighted by Gasteiger charge is 2.40. The van der Waals surface area contributed by atoms with Crippen LogP contribution in [0.1, 0.15) is 54.4 Å². The lowest BCUT2D eigenvalue weighted by Gasteiger charge is -2.35. The number of carbonyl (C=O) groups is 1. The summed E-state index contributed by atoms with van der Waals surface area (Å²) in [6.07, 6.45) is 1.65. The molecule has 0 heterocycles. The van der Waals surface area contributed by atoms with Crippen molar-refractivity contribution in [2.45, 2.75) is 59.9 Å². The quantitative estimate of drug-likeness (QED) is 0.678. The number of methoxy groups -OCH3 is 1. The summed E-state index contributed by atoms with van der Waals surface area (Å²) >= 11 is 0. The fourth-order valence-corrected chi connectivity index (χ4v) is 2.46. The Labute approximate surface area is 113 Å². The Kier molecular flexibility index (Phi) is 7.53. The summed E-state index contributed by atoms with van der Waals surface area (Å²) in [5.74, 6) is 1.32. The molecule has 0 saturated carbocycles. The molecule has 0 spiro atoms. The van der Waals surface area contributed by atoms with Crippen LogP contribution in [0.5, 0.6) is 0 Å². The maximum atomic E-state index is 12.2. The molecule has 0 saturated heterocycles. The van der Waals surface area contributed by atoms with E-state index < -0.39 is 5.54 Å². The molecule has 0 fully saturated rings. The van der Waals surface area contributed by atoms with Gasteiger partial charge in [0.15, 0.2) is 0 Å². The molecule has 3 heteroatoms. The molecule has 0 aromatic heterocycles. The lowest BCUT2D eigenvalue weighted by atomic mass is 9.81. The van der Waals surface area contributed by atoms with Crippen molar-refractivity contribution in [1.82, 2.24) is 5.32 Å². The van der Waals surface area contributed by atoms with E-state index in [1.807, 2.05) is 0 Å². The van der Waals surface area contributed by atoms with Gasteiger partial charge in [0, 0.05) is 0 Å². The second-order valence-corrected chi connectivity index (χ2v) is 6.54. The van der Waals surface area contributed by atoms with Crippen molar-refractivity contribution in [1.29, 1.82) is 0 Å². The van der Waals surface area contributed by atoms with E-state index in [9.17, 15) is 4.79 Å². The first kappa shape index (κ1) is 17.4. The molecule has 108 valence electrons. The molecule has 0 rings (SSSR count). The van der Waals surface area contributed by atoms with Gasteiger partial charge in [-0.3, -0.25) is 4.79 Å². The predicted molar refractivity (Wildman–Crippen MR) is 76.5 cm³/mol. The van der Waals surface area contributed by atoms with Gasteiger partial charge in [-0.1, -0.05) is 41.5 Å². The Morgan fingerprint density at radius 3 is 1.72 bits per heavy atom. The van der Waals surface area contributed by atoms with Gasteiger partial charge in [0.2, 0.25) is 0 Å². The monoisotopic (exact) mass is 257 g/mol. The minimum atomic E-state index is -0.526. The Balaban J connectivity index is 5.04. The normalized spacial score (nSPS) is 12.6. The van der Waals surface area contributed by atoms with Crippen LogP contribution in [-0.4, -0.2) is 25.2 Å². The summed E-state index contributed by atoms with van der Waals surface area (Å²) in [4.78, 5) is 12.2. The first-order valence-corrected chi connectivity index (χ1v) is 7.07. The highest BCUT2D eigenvalue weighted by atomic mass is 16.5. The van der Waals surface area contributed by atoms with Gasteiger partial charge in [-0.25, -0.2) is 0 Å². The van der Waals surface area contributed by atoms with E-state index in [1.54, 1.807) is 0 Å². The smallest absolute Gasteiger partial charge is 0.326 e. The zero-order chi connectivity index (χ0) is 14.3. The number of nitrogens with one attached hydrogen (secondary N) is 1. The second-order valence-electron chi connectivity index (χ2n) is 6.54. The standard InChI is InChI=1S/C15H31NO2/c1-11(2)8-15(9-12(3)4,14(17)18-7)16-10-13(5)6/h11-13,16H,8-10H2,1-7H3.